The number of rotatable bonds is 8. The zero-order valence-electron chi connectivity index (χ0n) is 16.6. The molecule has 29 heavy (non-hydrogen) atoms. The van der Waals surface area contributed by atoms with Crippen LogP contribution in [0.1, 0.15) is 28.6 Å². The molecule has 1 atom stereocenters. The summed E-state index contributed by atoms with van der Waals surface area (Å²) < 4.78 is 21.3. The number of fused-ring (bicyclic) bond motifs is 1. The summed E-state index contributed by atoms with van der Waals surface area (Å²) in [6.07, 6.45) is -0.982. The molecule has 1 N–H and O–H groups in total. The number of benzene rings is 2. The number of carbonyl (C=O) groups excluding carboxylic acids is 2. The first kappa shape index (κ1) is 20.4. The standard InChI is InChI=1S/C22H23NO6/c1-14(21(24)23-12-15-8-10-16(27-3)11-9-15)28-22(25)20-18(13-26-2)17-6-4-5-7-19(17)29-20/h4-11,14H,12-13H2,1-3H3,(H,23,24)/t14-/m0/s1. The minimum Gasteiger partial charge on any atom is -0.497 e. The van der Waals surface area contributed by atoms with Crippen molar-refractivity contribution in [3.8, 4) is 5.75 Å². The van der Waals surface area contributed by atoms with Crippen molar-refractivity contribution in [1.82, 2.24) is 5.32 Å². The molecule has 0 bridgehead atoms. The molecule has 0 aliphatic heterocycles. The topological polar surface area (TPSA) is 87.0 Å². The Morgan fingerprint density at radius 3 is 2.48 bits per heavy atom. The molecule has 7 nitrogen and oxygen atoms in total. The second-order valence-corrected chi connectivity index (χ2v) is 6.45. The van der Waals surface area contributed by atoms with Crippen LogP contribution >= 0.6 is 0 Å². The Kier molecular flexibility index (Phi) is 6.51. The fourth-order valence-electron chi connectivity index (χ4n) is 2.90. The molecule has 3 rings (SSSR count). The Morgan fingerprint density at radius 2 is 1.79 bits per heavy atom. The molecule has 3 aromatic rings. The Hall–Kier alpha value is -3.32. The Balaban J connectivity index is 1.64. The molecule has 0 aliphatic rings. The summed E-state index contributed by atoms with van der Waals surface area (Å²) in [5, 5.41) is 3.52. The van der Waals surface area contributed by atoms with Crippen LogP contribution in [0, 0.1) is 0 Å². The van der Waals surface area contributed by atoms with Crippen molar-refractivity contribution in [2.45, 2.75) is 26.2 Å². The molecule has 1 aromatic heterocycles. The molecule has 0 saturated carbocycles. The van der Waals surface area contributed by atoms with E-state index in [1.165, 1.54) is 14.0 Å². The van der Waals surface area contributed by atoms with E-state index in [0.717, 1.165) is 16.7 Å². The maximum absolute atomic E-state index is 12.6. The first-order valence-corrected chi connectivity index (χ1v) is 9.14. The monoisotopic (exact) mass is 397 g/mol. The van der Waals surface area contributed by atoms with E-state index in [1.54, 1.807) is 13.2 Å². The molecule has 0 unspecified atom stereocenters. The van der Waals surface area contributed by atoms with Gasteiger partial charge < -0.3 is 23.9 Å². The zero-order valence-corrected chi connectivity index (χ0v) is 16.6. The summed E-state index contributed by atoms with van der Waals surface area (Å²) in [4.78, 5) is 24.9. The number of ether oxygens (including phenoxy) is 3. The maximum atomic E-state index is 12.6. The highest BCUT2D eigenvalue weighted by Crippen LogP contribution is 2.27. The van der Waals surface area contributed by atoms with Crippen molar-refractivity contribution >= 4 is 22.8 Å². The lowest BCUT2D eigenvalue weighted by atomic mass is 10.1. The van der Waals surface area contributed by atoms with Gasteiger partial charge in [-0.3, -0.25) is 4.79 Å². The molecule has 1 heterocycles. The summed E-state index contributed by atoms with van der Waals surface area (Å²) in [5.74, 6) is -0.332. The number of hydrogen-bond acceptors (Lipinski definition) is 6. The first-order chi connectivity index (χ1) is 14.0. The quantitative estimate of drug-likeness (QED) is 0.586. The summed E-state index contributed by atoms with van der Waals surface area (Å²) >= 11 is 0. The molecule has 0 spiro atoms. The normalized spacial score (nSPS) is 11.8. The fraction of sp³-hybridized carbons (Fsp3) is 0.273. The molecular weight excluding hydrogens is 374 g/mol. The minimum absolute atomic E-state index is 0.0443. The van der Waals surface area contributed by atoms with Crippen LogP contribution in [0.3, 0.4) is 0 Å². The largest absolute Gasteiger partial charge is 0.497 e. The summed E-state index contributed by atoms with van der Waals surface area (Å²) in [5.41, 5.74) is 2.05. The van der Waals surface area contributed by atoms with Crippen LogP contribution in [0.2, 0.25) is 0 Å². The van der Waals surface area contributed by atoms with Crippen molar-refractivity contribution in [2.24, 2.45) is 0 Å². The number of nitrogens with one attached hydrogen (secondary N) is 1. The first-order valence-electron chi connectivity index (χ1n) is 9.14. The van der Waals surface area contributed by atoms with Crippen LogP contribution in [-0.4, -0.2) is 32.2 Å². The van der Waals surface area contributed by atoms with Crippen molar-refractivity contribution in [3.63, 3.8) is 0 Å². The highest BCUT2D eigenvalue weighted by molar-refractivity contribution is 5.97. The van der Waals surface area contributed by atoms with E-state index in [0.29, 0.717) is 17.7 Å². The molecule has 0 radical (unpaired) electrons. The highest BCUT2D eigenvalue weighted by atomic mass is 16.6. The SMILES string of the molecule is COCc1c(C(=O)O[C@@H](C)C(=O)NCc2ccc(OC)cc2)oc2ccccc12. The number of esters is 1. The predicted octanol–water partition coefficient (Wildman–Crippen LogP) is 3.45. The van der Waals surface area contributed by atoms with Gasteiger partial charge in [0.1, 0.15) is 11.3 Å². The Morgan fingerprint density at radius 1 is 1.07 bits per heavy atom. The van der Waals surface area contributed by atoms with Crippen molar-refractivity contribution in [3.05, 3.63) is 65.4 Å². The number of furan rings is 1. The van der Waals surface area contributed by atoms with E-state index in [-0.39, 0.29) is 12.4 Å². The van der Waals surface area contributed by atoms with Gasteiger partial charge >= 0.3 is 5.97 Å². The number of carbonyl (C=O) groups is 2. The van der Waals surface area contributed by atoms with Crippen LogP contribution in [0.25, 0.3) is 11.0 Å². The van der Waals surface area contributed by atoms with Gasteiger partial charge in [0.25, 0.3) is 5.91 Å². The van der Waals surface area contributed by atoms with Gasteiger partial charge in [-0.15, -0.1) is 0 Å². The van der Waals surface area contributed by atoms with Crippen LogP contribution in [0.5, 0.6) is 5.75 Å². The Bertz CT molecular complexity index is 992. The zero-order chi connectivity index (χ0) is 20.8. The van der Waals surface area contributed by atoms with E-state index < -0.39 is 18.0 Å². The average Bonchev–Trinajstić information content (AvgIpc) is 3.11. The van der Waals surface area contributed by atoms with Gasteiger partial charge in [-0.2, -0.15) is 0 Å². The van der Waals surface area contributed by atoms with Crippen LogP contribution < -0.4 is 10.1 Å². The third-order valence-electron chi connectivity index (χ3n) is 4.45. The third-order valence-corrected chi connectivity index (χ3v) is 4.45. The summed E-state index contributed by atoms with van der Waals surface area (Å²) in [6, 6.07) is 14.6. The van der Waals surface area contributed by atoms with Crippen molar-refractivity contribution in [2.75, 3.05) is 14.2 Å². The van der Waals surface area contributed by atoms with E-state index in [2.05, 4.69) is 5.32 Å². The molecule has 0 saturated heterocycles. The lowest BCUT2D eigenvalue weighted by Gasteiger charge is -2.13. The van der Waals surface area contributed by atoms with E-state index in [9.17, 15) is 9.59 Å². The van der Waals surface area contributed by atoms with E-state index in [4.69, 9.17) is 18.6 Å². The minimum atomic E-state index is -0.982. The van der Waals surface area contributed by atoms with E-state index in [1.807, 2.05) is 42.5 Å². The van der Waals surface area contributed by atoms with Crippen LogP contribution in [0.4, 0.5) is 0 Å². The van der Waals surface area contributed by atoms with Gasteiger partial charge in [0.2, 0.25) is 5.76 Å². The van der Waals surface area contributed by atoms with Crippen molar-refractivity contribution < 1.29 is 28.2 Å². The highest BCUT2D eigenvalue weighted by Gasteiger charge is 2.25. The van der Waals surface area contributed by atoms with Crippen LogP contribution in [-0.2, 0) is 27.4 Å². The van der Waals surface area contributed by atoms with Gasteiger partial charge in [-0.05, 0) is 30.7 Å². The lowest BCUT2D eigenvalue weighted by Crippen LogP contribution is -2.35. The fourth-order valence-corrected chi connectivity index (χ4v) is 2.90. The van der Waals surface area contributed by atoms with Gasteiger partial charge in [-0.25, -0.2) is 4.79 Å². The third kappa shape index (κ3) is 4.75. The number of amides is 1. The molecule has 0 fully saturated rings. The average molecular weight is 397 g/mol. The second-order valence-electron chi connectivity index (χ2n) is 6.45. The molecule has 1 amide bonds. The van der Waals surface area contributed by atoms with Crippen LogP contribution in [0.15, 0.2) is 52.9 Å². The maximum Gasteiger partial charge on any atom is 0.375 e. The smallest absolute Gasteiger partial charge is 0.375 e. The number of para-hydroxylation sites is 1. The van der Waals surface area contributed by atoms with Crippen molar-refractivity contribution in [1.29, 1.82) is 0 Å². The molecular formula is C22H23NO6. The summed E-state index contributed by atoms with van der Waals surface area (Å²) in [7, 11) is 3.12. The van der Waals surface area contributed by atoms with Gasteiger partial charge in [0.15, 0.2) is 6.10 Å². The van der Waals surface area contributed by atoms with Gasteiger partial charge in [-0.1, -0.05) is 30.3 Å². The summed E-state index contributed by atoms with van der Waals surface area (Å²) in [6.45, 7) is 2.02. The van der Waals surface area contributed by atoms with Gasteiger partial charge in [0, 0.05) is 24.6 Å². The second kappa shape index (κ2) is 9.25. The lowest BCUT2D eigenvalue weighted by molar-refractivity contribution is -0.129. The molecule has 7 heteroatoms. The molecule has 152 valence electrons. The predicted molar refractivity (Wildman–Crippen MR) is 107 cm³/mol. The molecule has 2 aromatic carbocycles. The number of hydrogen-bond donors (Lipinski definition) is 1. The number of methoxy groups -OCH3 is 2. The Labute approximate surface area is 168 Å². The van der Waals surface area contributed by atoms with Gasteiger partial charge in [0.05, 0.1) is 13.7 Å². The van der Waals surface area contributed by atoms with E-state index >= 15 is 0 Å². The molecule has 0 aliphatic carbocycles.